The van der Waals surface area contributed by atoms with E-state index in [0.29, 0.717) is 11.8 Å². The van der Waals surface area contributed by atoms with Crippen molar-refractivity contribution in [2.75, 3.05) is 20.8 Å². The van der Waals surface area contributed by atoms with Gasteiger partial charge in [-0.15, -0.1) is 0 Å². The Hall–Kier alpha value is -1.13. The molecule has 0 spiro atoms. The maximum absolute atomic E-state index is 9.82. The molecule has 1 aliphatic carbocycles. The summed E-state index contributed by atoms with van der Waals surface area (Å²) in [5, 5.41) is 9.82. The number of methoxy groups -OCH3 is 1. The van der Waals surface area contributed by atoms with E-state index in [2.05, 4.69) is 23.9 Å². The lowest BCUT2D eigenvalue weighted by molar-refractivity contribution is 0.0451. The van der Waals surface area contributed by atoms with Crippen molar-refractivity contribution in [3.8, 4) is 5.88 Å². The first-order chi connectivity index (χ1) is 9.11. The highest BCUT2D eigenvalue weighted by atomic mass is 16.5. The van der Waals surface area contributed by atoms with Gasteiger partial charge in [0.2, 0.25) is 5.88 Å². The van der Waals surface area contributed by atoms with Gasteiger partial charge in [-0.3, -0.25) is 4.90 Å². The molecule has 0 bridgehead atoms. The minimum atomic E-state index is -0.0831. The molecule has 0 aliphatic heterocycles. The lowest BCUT2D eigenvalue weighted by Gasteiger charge is -2.37. The van der Waals surface area contributed by atoms with Gasteiger partial charge in [-0.05, 0) is 38.3 Å². The SMILES string of the molecule is COc1ncccc1CN(C)[C@]1(CO)CC[C@H](C)C1. The Morgan fingerprint density at radius 3 is 2.95 bits per heavy atom. The van der Waals surface area contributed by atoms with Gasteiger partial charge in [-0.1, -0.05) is 13.0 Å². The molecule has 1 saturated carbocycles. The van der Waals surface area contributed by atoms with E-state index in [1.54, 1.807) is 13.3 Å². The second kappa shape index (κ2) is 5.88. The summed E-state index contributed by atoms with van der Waals surface area (Å²) in [5.41, 5.74) is 0.986. The molecule has 0 saturated heterocycles. The molecule has 1 aliphatic rings. The van der Waals surface area contributed by atoms with E-state index in [1.807, 2.05) is 12.1 Å². The molecule has 4 heteroatoms. The minimum absolute atomic E-state index is 0.0831. The van der Waals surface area contributed by atoms with Gasteiger partial charge in [0.25, 0.3) is 0 Å². The highest BCUT2D eigenvalue weighted by Crippen LogP contribution is 2.39. The van der Waals surface area contributed by atoms with E-state index in [4.69, 9.17) is 4.74 Å². The van der Waals surface area contributed by atoms with Gasteiger partial charge in [-0.2, -0.15) is 0 Å². The second-order valence-corrected chi connectivity index (χ2v) is 5.76. The molecule has 0 radical (unpaired) electrons. The molecular formula is C15H24N2O2. The molecule has 19 heavy (non-hydrogen) atoms. The van der Waals surface area contributed by atoms with Crippen molar-refractivity contribution in [2.45, 2.75) is 38.3 Å². The second-order valence-electron chi connectivity index (χ2n) is 5.76. The molecular weight excluding hydrogens is 240 g/mol. The first-order valence-corrected chi connectivity index (χ1v) is 6.91. The van der Waals surface area contributed by atoms with Crippen LogP contribution in [0.5, 0.6) is 5.88 Å². The van der Waals surface area contributed by atoms with Gasteiger partial charge in [0.05, 0.1) is 13.7 Å². The molecule has 0 amide bonds. The van der Waals surface area contributed by atoms with Crippen molar-refractivity contribution < 1.29 is 9.84 Å². The fourth-order valence-electron chi connectivity index (χ4n) is 3.13. The minimum Gasteiger partial charge on any atom is -0.481 e. The average Bonchev–Trinajstić information content (AvgIpc) is 2.82. The molecule has 106 valence electrons. The number of nitrogens with zero attached hydrogens (tertiary/aromatic N) is 2. The van der Waals surface area contributed by atoms with Gasteiger partial charge < -0.3 is 9.84 Å². The zero-order valence-corrected chi connectivity index (χ0v) is 12.1. The van der Waals surface area contributed by atoms with E-state index in [1.165, 1.54) is 6.42 Å². The Labute approximate surface area is 115 Å². The monoisotopic (exact) mass is 264 g/mol. The summed E-state index contributed by atoms with van der Waals surface area (Å²) in [5.74, 6) is 1.36. The topological polar surface area (TPSA) is 45.6 Å². The largest absolute Gasteiger partial charge is 0.481 e. The lowest BCUT2D eigenvalue weighted by Crippen LogP contribution is -2.47. The maximum Gasteiger partial charge on any atom is 0.217 e. The first-order valence-electron chi connectivity index (χ1n) is 6.91. The quantitative estimate of drug-likeness (QED) is 0.884. The standard InChI is InChI=1S/C15H24N2O2/c1-12-6-7-15(9-12,11-18)17(2)10-13-5-4-8-16-14(13)19-3/h4-5,8,12,18H,6-7,9-11H2,1-3H3/t12-,15+/m0/s1. The van der Waals surface area contributed by atoms with Crippen molar-refractivity contribution in [3.05, 3.63) is 23.9 Å². The van der Waals surface area contributed by atoms with Crippen molar-refractivity contribution in [2.24, 2.45) is 5.92 Å². The van der Waals surface area contributed by atoms with Crippen LogP contribution < -0.4 is 4.74 Å². The third-order valence-corrected chi connectivity index (χ3v) is 4.39. The van der Waals surface area contributed by atoms with Gasteiger partial charge in [-0.25, -0.2) is 4.98 Å². The number of aliphatic hydroxyl groups is 1. The fraction of sp³-hybridized carbons (Fsp3) is 0.667. The molecule has 1 aromatic heterocycles. The Morgan fingerprint density at radius 1 is 1.58 bits per heavy atom. The number of ether oxygens (including phenoxy) is 1. The summed E-state index contributed by atoms with van der Waals surface area (Å²) in [6, 6.07) is 3.96. The molecule has 0 aromatic carbocycles. The average molecular weight is 264 g/mol. The number of rotatable bonds is 5. The zero-order chi connectivity index (χ0) is 13.9. The van der Waals surface area contributed by atoms with E-state index >= 15 is 0 Å². The summed E-state index contributed by atoms with van der Waals surface area (Å²) in [7, 11) is 3.73. The normalized spacial score (nSPS) is 26.9. The molecule has 4 nitrogen and oxygen atoms in total. The summed E-state index contributed by atoms with van der Waals surface area (Å²) >= 11 is 0. The number of hydrogen-bond donors (Lipinski definition) is 1. The number of aliphatic hydroxyl groups excluding tert-OH is 1. The van der Waals surface area contributed by atoms with Crippen LogP contribution in [0.15, 0.2) is 18.3 Å². The third-order valence-electron chi connectivity index (χ3n) is 4.39. The van der Waals surface area contributed by atoms with Crippen molar-refractivity contribution in [1.82, 2.24) is 9.88 Å². The van der Waals surface area contributed by atoms with Crippen molar-refractivity contribution in [3.63, 3.8) is 0 Å². The predicted molar refractivity (Wildman–Crippen MR) is 75.1 cm³/mol. The van der Waals surface area contributed by atoms with E-state index in [-0.39, 0.29) is 12.1 Å². The molecule has 2 rings (SSSR count). The van der Waals surface area contributed by atoms with Crippen LogP contribution in [0, 0.1) is 5.92 Å². The number of pyridine rings is 1. The van der Waals surface area contributed by atoms with Crippen LogP contribution in [-0.4, -0.2) is 41.3 Å². The highest BCUT2D eigenvalue weighted by molar-refractivity contribution is 5.25. The highest BCUT2D eigenvalue weighted by Gasteiger charge is 2.40. The Balaban J connectivity index is 2.13. The first kappa shape index (κ1) is 14.3. The lowest BCUT2D eigenvalue weighted by atomic mass is 9.95. The Bertz CT molecular complexity index is 424. The van der Waals surface area contributed by atoms with Crippen LogP contribution in [-0.2, 0) is 6.54 Å². The van der Waals surface area contributed by atoms with Crippen LogP contribution in [0.25, 0.3) is 0 Å². The van der Waals surface area contributed by atoms with Crippen LogP contribution in [0.1, 0.15) is 31.7 Å². The Kier molecular flexibility index (Phi) is 4.42. The fourth-order valence-corrected chi connectivity index (χ4v) is 3.13. The molecule has 1 aromatic rings. The van der Waals surface area contributed by atoms with Crippen LogP contribution in [0.3, 0.4) is 0 Å². The van der Waals surface area contributed by atoms with Crippen molar-refractivity contribution in [1.29, 1.82) is 0 Å². The molecule has 0 unspecified atom stereocenters. The number of hydrogen-bond acceptors (Lipinski definition) is 4. The number of likely N-dealkylation sites (N-methyl/N-ethyl adjacent to an activating group) is 1. The molecule has 1 N–H and O–H groups in total. The Morgan fingerprint density at radius 2 is 2.37 bits per heavy atom. The summed E-state index contributed by atoms with van der Waals surface area (Å²) in [6.07, 6.45) is 5.04. The summed E-state index contributed by atoms with van der Waals surface area (Å²) in [4.78, 5) is 6.49. The van der Waals surface area contributed by atoms with E-state index in [0.717, 1.165) is 24.9 Å². The predicted octanol–water partition coefficient (Wildman–Crippen LogP) is 2.07. The molecule has 1 heterocycles. The molecule has 1 fully saturated rings. The maximum atomic E-state index is 9.82. The van der Waals surface area contributed by atoms with Gasteiger partial charge >= 0.3 is 0 Å². The van der Waals surface area contributed by atoms with Crippen LogP contribution >= 0.6 is 0 Å². The van der Waals surface area contributed by atoms with Crippen LogP contribution in [0.4, 0.5) is 0 Å². The smallest absolute Gasteiger partial charge is 0.217 e. The van der Waals surface area contributed by atoms with Crippen molar-refractivity contribution >= 4 is 0 Å². The zero-order valence-electron chi connectivity index (χ0n) is 12.1. The third kappa shape index (κ3) is 2.90. The van der Waals surface area contributed by atoms with Gasteiger partial charge in [0.15, 0.2) is 0 Å². The summed E-state index contributed by atoms with van der Waals surface area (Å²) < 4.78 is 5.30. The summed E-state index contributed by atoms with van der Waals surface area (Å²) in [6.45, 7) is 3.23. The molecule has 2 atom stereocenters. The van der Waals surface area contributed by atoms with E-state index in [9.17, 15) is 5.11 Å². The van der Waals surface area contributed by atoms with Gasteiger partial charge in [0, 0.05) is 23.8 Å². The van der Waals surface area contributed by atoms with Gasteiger partial charge in [0.1, 0.15) is 0 Å². The van der Waals surface area contributed by atoms with E-state index < -0.39 is 0 Å². The number of aromatic nitrogens is 1. The van der Waals surface area contributed by atoms with Crippen LogP contribution in [0.2, 0.25) is 0 Å².